The van der Waals surface area contributed by atoms with Crippen molar-refractivity contribution < 1.29 is 117 Å². The van der Waals surface area contributed by atoms with Gasteiger partial charge in [-0.05, 0) is 101 Å². The van der Waals surface area contributed by atoms with E-state index in [-0.39, 0.29) is 93.6 Å². The molecule has 1 fully saturated rings. The number of hydrogen-bond donors (Lipinski definition) is 11. The van der Waals surface area contributed by atoms with Crippen molar-refractivity contribution in [3.8, 4) is 0 Å². The number of rotatable bonds is 58. The Kier molecular flexibility index (Phi) is 42.9. The van der Waals surface area contributed by atoms with Crippen LogP contribution in [0.5, 0.6) is 0 Å². The molecule has 5 amide bonds. The van der Waals surface area contributed by atoms with E-state index in [0.717, 1.165) is 0 Å². The molecule has 570 valence electrons. The number of carboxylic acid groups (broad SMARTS) is 5. The van der Waals surface area contributed by atoms with Crippen molar-refractivity contribution in [2.24, 2.45) is 35.3 Å². The van der Waals surface area contributed by atoms with Crippen LogP contribution in [0.2, 0.25) is 0 Å². The minimum Gasteiger partial charge on any atom is -0.481 e. The molecule has 1 aromatic carbocycles. The van der Waals surface area contributed by atoms with Gasteiger partial charge in [0.25, 0.3) is 0 Å². The minimum absolute atomic E-state index is 0.0163. The van der Waals surface area contributed by atoms with Crippen LogP contribution in [0.25, 0.3) is 0 Å². The molecular formula is C70H105N7O24S. The third-order valence-electron chi connectivity index (χ3n) is 16.9. The van der Waals surface area contributed by atoms with Crippen LogP contribution in [0.15, 0.2) is 24.3 Å². The summed E-state index contributed by atoms with van der Waals surface area (Å²) in [6.45, 7) is 9.53. The van der Waals surface area contributed by atoms with Crippen molar-refractivity contribution in [3.05, 3.63) is 35.4 Å². The second kappa shape index (κ2) is 48.6. The smallest absolute Gasteiger partial charge is 0.303 e. The van der Waals surface area contributed by atoms with E-state index in [4.69, 9.17) is 15.2 Å². The fourth-order valence-corrected chi connectivity index (χ4v) is 12.0. The van der Waals surface area contributed by atoms with Gasteiger partial charge in [0.1, 0.15) is 6.61 Å². The zero-order valence-electron chi connectivity index (χ0n) is 59.3. The summed E-state index contributed by atoms with van der Waals surface area (Å²) in [5.41, 5.74) is 6.21. The molecule has 1 aliphatic heterocycles. The molecule has 12 N–H and O–H groups in total. The van der Waals surface area contributed by atoms with Crippen LogP contribution in [0.3, 0.4) is 0 Å². The van der Waals surface area contributed by atoms with E-state index in [0.29, 0.717) is 55.7 Å². The monoisotopic (exact) mass is 1460 g/mol. The first-order valence-electron chi connectivity index (χ1n) is 34.6. The number of thioether (sulfide) groups is 1. The maximum absolute atomic E-state index is 14.4. The number of hydrogen-bond acceptors (Lipinski definition) is 22. The van der Waals surface area contributed by atoms with Crippen molar-refractivity contribution in [3.63, 3.8) is 0 Å². The fourth-order valence-electron chi connectivity index (χ4n) is 11.4. The molecular weight excluding hydrogens is 1350 g/mol. The summed E-state index contributed by atoms with van der Waals surface area (Å²) in [6, 6.07) is -0.847. The Morgan fingerprint density at radius 1 is 0.520 bits per heavy atom. The number of aliphatic carboxylic acids is 5. The standard InChI is InChI=1S/C70H105N7O24S/c1-41(2)33-52(57(81)20-21-61(85)72-54(40-102-6)58(82)34-42(3)4)76-70(99)55-9-7-28-77(55)29-32-100-30-8-10-56(80)53(35-44-11-13-45(14-12-44)43(5)78)75-69(98)48(17-24-64(90)91)38-60(84)51(19-26-66(94)95)74-68(97)47(16-23-63(88)89)37-59(83)50(18-25-65(92)93)73-67(96)46(15-22-62(86)87)36-49(79)39-101-31-27-71/h11-14,41-42,46-48,50-55H,7-10,15-40,71H2,1-6H3,(H,72,85)(H,73,96)(H,74,97)(H,75,98)(H,76,99)(H,86,87)(H,88,89)(H,90,91)(H,92,93)(H,94,95)/t46-,47-,48-,50+,51+,52-,53-,54-,55-/m0/s1. The number of carboxylic acids is 5. The number of likely N-dealkylation sites (tertiary alicyclic amines) is 1. The van der Waals surface area contributed by atoms with E-state index in [1.807, 2.05) is 38.9 Å². The first-order valence-corrected chi connectivity index (χ1v) is 36.0. The summed E-state index contributed by atoms with van der Waals surface area (Å²) in [4.78, 5) is 224. The molecule has 0 saturated carbocycles. The molecule has 1 heterocycles. The predicted octanol–water partition coefficient (Wildman–Crippen LogP) is 3.09. The Hall–Kier alpha value is -8.20. The van der Waals surface area contributed by atoms with Crippen molar-refractivity contribution in [1.29, 1.82) is 0 Å². The van der Waals surface area contributed by atoms with Crippen LogP contribution in [0.4, 0.5) is 0 Å². The molecule has 1 aromatic rings. The van der Waals surface area contributed by atoms with Crippen LogP contribution in [0, 0.1) is 29.6 Å². The lowest BCUT2D eigenvalue weighted by atomic mass is 9.89. The lowest BCUT2D eigenvalue weighted by molar-refractivity contribution is -0.141. The molecule has 102 heavy (non-hydrogen) atoms. The third kappa shape index (κ3) is 37.1. The number of carbonyl (C=O) groups excluding carboxylic acids is 12. The largest absolute Gasteiger partial charge is 0.481 e. The van der Waals surface area contributed by atoms with Crippen LogP contribution >= 0.6 is 11.8 Å². The third-order valence-corrected chi connectivity index (χ3v) is 17.6. The lowest BCUT2D eigenvalue weighted by Crippen LogP contribution is -2.50. The van der Waals surface area contributed by atoms with Gasteiger partial charge in [-0.1, -0.05) is 52.0 Å². The Balaban J connectivity index is 2.35. The molecule has 0 radical (unpaired) electrons. The highest BCUT2D eigenvalue weighted by atomic mass is 32.2. The van der Waals surface area contributed by atoms with Gasteiger partial charge < -0.3 is 67.3 Å². The number of nitrogens with zero attached hydrogens (tertiary/aromatic N) is 1. The average Bonchev–Trinajstić information content (AvgIpc) is 1.16. The number of ketones is 7. The SMILES string of the molecule is CSC[C@H](NC(=O)CCC(=O)[C@H](CC(C)C)NC(=O)[C@@H]1CCCN1CCOCCCC(=O)[C@H](Cc1ccc(C(C)=O)cc1)NC(=O)[C@@H](CCC(=O)O)CC(=O)[C@@H](CCC(=O)O)NC(=O)[C@@H](CCC(=O)O)CC(=O)[C@@H](CCC(=O)O)NC(=O)[C@@H](CCC(=O)O)CC(=O)COCCN)C(=O)CC(C)C. The van der Waals surface area contributed by atoms with Crippen LogP contribution in [0.1, 0.15) is 185 Å². The quantitative estimate of drug-likeness (QED) is 0.0330. The molecule has 0 unspecified atom stereocenters. The van der Waals surface area contributed by atoms with Gasteiger partial charge >= 0.3 is 29.8 Å². The highest BCUT2D eigenvalue weighted by Crippen LogP contribution is 2.24. The van der Waals surface area contributed by atoms with E-state index < -0.39 is 221 Å². The number of amides is 5. The van der Waals surface area contributed by atoms with E-state index in [1.54, 1.807) is 12.1 Å². The van der Waals surface area contributed by atoms with E-state index in [9.17, 15) is 107 Å². The topological polar surface area (TPSA) is 499 Å². The zero-order valence-corrected chi connectivity index (χ0v) is 60.1. The van der Waals surface area contributed by atoms with E-state index in [1.165, 1.54) is 30.8 Å². The van der Waals surface area contributed by atoms with Gasteiger partial charge in [-0.15, -0.1) is 0 Å². The molecule has 32 heteroatoms. The molecule has 0 aliphatic carbocycles. The van der Waals surface area contributed by atoms with Crippen LogP contribution in [-0.4, -0.2) is 225 Å². The summed E-state index contributed by atoms with van der Waals surface area (Å²) in [6.07, 6.45) is -5.66. The second-order valence-corrected chi connectivity index (χ2v) is 27.4. The summed E-state index contributed by atoms with van der Waals surface area (Å²) in [7, 11) is 0. The number of carbonyl (C=O) groups is 17. The van der Waals surface area contributed by atoms with Crippen molar-refractivity contribution in [1.82, 2.24) is 31.5 Å². The molecule has 2 rings (SSSR count). The average molecular weight is 1460 g/mol. The predicted molar refractivity (Wildman–Crippen MR) is 370 cm³/mol. The molecule has 1 aliphatic rings. The zero-order chi connectivity index (χ0) is 76.6. The summed E-state index contributed by atoms with van der Waals surface area (Å²) >= 11 is 1.42. The minimum atomic E-state index is -1.79. The number of ether oxygens (including phenoxy) is 2. The normalized spacial score (nSPS) is 15.3. The number of benzene rings is 1. The Morgan fingerprint density at radius 3 is 1.47 bits per heavy atom. The summed E-state index contributed by atoms with van der Waals surface area (Å²) in [5, 5.41) is 61.0. The number of Topliss-reactive ketones (excluding diaryl/α,β-unsaturated/α-hetero) is 7. The van der Waals surface area contributed by atoms with Crippen molar-refractivity contribution in [2.75, 3.05) is 58.1 Å². The summed E-state index contributed by atoms with van der Waals surface area (Å²) in [5.74, 6) is -19.1. The fraction of sp³-hybridized carbons (Fsp3) is 0.671. The maximum atomic E-state index is 14.4. The van der Waals surface area contributed by atoms with Crippen molar-refractivity contribution >= 4 is 112 Å². The highest BCUT2D eigenvalue weighted by molar-refractivity contribution is 7.98. The second-order valence-electron chi connectivity index (χ2n) is 26.5. The first-order chi connectivity index (χ1) is 48.1. The molecule has 0 spiro atoms. The molecule has 1 saturated heterocycles. The molecule has 9 atom stereocenters. The molecule has 0 bridgehead atoms. The van der Waals surface area contributed by atoms with Gasteiger partial charge in [0, 0.05) is 126 Å². The van der Waals surface area contributed by atoms with Crippen molar-refractivity contribution in [2.45, 2.75) is 212 Å². The van der Waals surface area contributed by atoms with Crippen LogP contribution in [-0.2, 0) is 92.6 Å². The lowest BCUT2D eigenvalue weighted by Gasteiger charge is -2.27. The highest BCUT2D eigenvalue weighted by Gasteiger charge is 2.37. The summed E-state index contributed by atoms with van der Waals surface area (Å²) < 4.78 is 11.0. The molecule has 0 aromatic heterocycles. The van der Waals surface area contributed by atoms with Gasteiger partial charge in [-0.25, -0.2) is 0 Å². The van der Waals surface area contributed by atoms with Crippen LogP contribution < -0.4 is 32.3 Å². The van der Waals surface area contributed by atoms with Gasteiger partial charge in [0.2, 0.25) is 29.5 Å². The van der Waals surface area contributed by atoms with Gasteiger partial charge in [0.15, 0.2) is 40.5 Å². The Labute approximate surface area is 598 Å². The number of nitrogens with one attached hydrogen (secondary N) is 5. The number of nitrogens with two attached hydrogens (primary N) is 1. The van der Waals surface area contributed by atoms with E-state index >= 15 is 0 Å². The Bertz CT molecular complexity index is 3030. The van der Waals surface area contributed by atoms with Gasteiger partial charge in [-0.3, -0.25) is 86.4 Å². The van der Waals surface area contributed by atoms with E-state index in [2.05, 4.69) is 26.6 Å². The Morgan fingerprint density at radius 2 is 1.00 bits per heavy atom. The van der Waals surface area contributed by atoms with Gasteiger partial charge in [0.05, 0.1) is 49.5 Å². The maximum Gasteiger partial charge on any atom is 0.303 e. The van der Waals surface area contributed by atoms with Gasteiger partial charge in [-0.2, -0.15) is 11.8 Å². The molecule has 31 nitrogen and oxygen atoms in total. The first kappa shape index (κ1) is 89.9.